The first-order valence-corrected chi connectivity index (χ1v) is 1.72. The number of hydrogen-bond acceptors (Lipinski definition) is 2. The van der Waals surface area contributed by atoms with Crippen molar-refractivity contribution < 1.29 is 9.53 Å². The highest BCUT2D eigenvalue weighted by atomic mass is 32.1. The zero-order chi connectivity index (χ0) is 4.99. The normalized spacial score (nSPS) is 6.83. The van der Waals surface area contributed by atoms with Crippen LogP contribution in [-0.2, 0) is 4.74 Å². The summed E-state index contributed by atoms with van der Waals surface area (Å²) in [5, 5.41) is -0.634. The molecule has 0 aliphatic heterocycles. The van der Waals surface area contributed by atoms with Crippen molar-refractivity contribution in [1.29, 1.82) is 0 Å². The lowest BCUT2D eigenvalue weighted by Crippen LogP contribution is -1.79. The Labute approximate surface area is 41.2 Å². The molecular weight excluding hydrogens is 100 g/mol. The molecule has 3 heteroatoms. The fraction of sp³-hybridized carbons (Fsp3) is 0. The highest BCUT2D eigenvalue weighted by Crippen LogP contribution is 1.82. The van der Waals surface area contributed by atoms with Gasteiger partial charge in [0.2, 0.25) is 0 Å². The van der Waals surface area contributed by atoms with E-state index in [2.05, 4.69) is 23.9 Å². The second kappa shape index (κ2) is 2.78. The van der Waals surface area contributed by atoms with E-state index in [4.69, 9.17) is 0 Å². The van der Waals surface area contributed by atoms with Crippen LogP contribution >= 0.6 is 12.6 Å². The summed E-state index contributed by atoms with van der Waals surface area (Å²) in [4.78, 5) is 9.61. The van der Waals surface area contributed by atoms with Crippen LogP contribution in [0.4, 0.5) is 4.79 Å². The maximum absolute atomic E-state index is 9.61. The molecule has 2 nitrogen and oxygen atoms in total. The van der Waals surface area contributed by atoms with Crippen LogP contribution in [0.25, 0.3) is 0 Å². The third-order valence-electron chi connectivity index (χ3n) is 0.184. The van der Waals surface area contributed by atoms with Crippen molar-refractivity contribution in [3.63, 3.8) is 0 Å². The molecule has 0 aliphatic rings. The van der Waals surface area contributed by atoms with Gasteiger partial charge in [-0.25, -0.2) is 4.79 Å². The Kier molecular flexibility index (Phi) is 2.58. The van der Waals surface area contributed by atoms with E-state index in [1.165, 1.54) is 0 Å². The highest BCUT2D eigenvalue weighted by Gasteiger charge is 1.80. The van der Waals surface area contributed by atoms with Crippen LogP contribution in [0.5, 0.6) is 0 Å². The minimum absolute atomic E-state index is 0.634. The van der Waals surface area contributed by atoms with Crippen molar-refractivity contribution in [2.24, 2.45) is 0 Å². The van der Waals surface area contributed by atoms with E-state index in [-0.39, 0.29) is 0 Å². The number of rotatable bonds is 1. The van der Waals surface area contributed by atoms with Gasteiger partial charge in [0.05, 0.1) is 6.26 Å². The maximum atomic E-state index is 9.61. The zero-order valence-corrected chi connectivity index (χ0v) is 3.94. The summed E-state index contributed by atoms with van der Waals surface area (Å²) in [5.74, 6) is 0. The molecule has 0 bridgehead atoms. The summed E-state index contributed by atoms with van der Waals surface area (Å²) in [7, 11) is 0. The van der Waals surface area contributed by atoms with Crippen LogP contribution in [0.1, 0.15) is 0 Å². The van der Waals surface area contributed by atoms with Crippen molar-refractivity contribution in [2.45, 2.75) is 0 Å². The number of ether oxygens (including phenoxy) is 1. The molecule has 0 fully saturated rings. The first-order chi connectivity index (χ1) is 2.77. The molecule has 0 amide bonds. The summed E-state index contributed by atoms with van der Waals surface area (Å²) >= 11 is 3.25. The van der Waals surface area contributed by atoms with Crippen molar-refractivity contribution >= 4 is 17.9 Å². The van der Waals surface area contributed by atoms with E-state index >= 15 is 0 Å². The number of carbonyl (C=O) groups is 1. The SMILES string of the molecule is C=COC(=O)S. The highest BCUT2D eigenvalue weighted by molar-refractivity contribution is 7.96. The monoisotopic (exact) mass is 104 g/mol. The van der Waals surface area contributed by atoms with Crippen molar-refractivity contribution in [3.8, 4) is 0 Å². The predicted octanol–water partition coefficient (Wildman–Crippen LogP) is 1.20. The molecule has 0 aliphatic carbocycles. The Hall–Kier alpha value is -0.440. The van der Waals surface area contributed by atoms with Gasteiger partial charge in [0.25, 0.3) is 0 Å². The first-order valence-electron chi connectivity index (χ1n) is 1.28. The standard InChI is InChI=1S/C3H4O2S/c1-2-5-3(4)6/h2H,1H2,(H,4,6). The Morgan fingerprint density at radius 2 is 2.50 bits per heavy atom. The van der Waals surface area contributed by atoms with Crippen LogP contribution in [0.2, 0.25) is 0 Å². The molecule has 0 rings (SSSR count). The summed E-state index contributed by atoms with van der Waals surface area (Å²) < 4.78 is 4.03. The Morgan fingerprint density at radius 3 is 2.50 bits per heavy atom. The third-order valence-corrected chi connectivity index (χ3v) is 0.290. The fourth-order valence-corrected chi connectivity index (χ4v) is 0.146. The van der Waals surface area contributed by atoms with Crippen LogP contribution in [0.15, 0.2) is 12.8 Å². The Morgan fingerprint density at radius 1 is 2.00 bits per heavy atom. The molecule has 34 valence electrons. The lowest BCUT2D eigenvalue weighted by atomic mass is 11.1. The average Bonchev–Trinajstić information content (AvgIpc) is 1.35. The summed E-state index contributed by atoms with van der Waals surface area (Å²) in [5.41, 5.74) is 0. The maximum Gasteiger partial charge on any atom is 0.368 e. The van der Waals surface area contributed by atoms with Gasteiger partial charge in [-0.15, -0.1) is 0 Å². The lowest BCUT2D eigenvalue weighted by molar-refractivity contribution is 0.214. The second-order valence-electron chi connectivity index (χ2n) is 0.550. The van der Waals surface area contributed by atoms with E-state index in [1.807, 2.05) is 0 Å². The summed E-state index contributed by atoms with van der Waals surface area (Å²) in [6.07, 6.45) is 1.02. The second-order valence-corrected chi connectivity index (χ2v) is 0.916. The molecule has 6 heavy (non-hydrogen) atoms. The molecule has 0 unspecified atom stereocenters. The Bertz CT molecular complexity index is 69.2. The number of hydrogen-bond donors (Lipinski definition) is 1. The van der Waals surface area contributed by atoms with Gasteiger partial charge < -0.3 is 4.74 Å². The van der Waals surface area contributed by atoms with Crippen LogP contribution in [0, 0.1) is 0 Å². The zero-order valence-electron chi connectivity index (χ0n) is 3.05. The predicted molar refractivity (Wildman–Crippen MR) is 25.7 cm³/mol. The van der Waals surface area contributed by atoms with E-state index in [0.717, 1.165) is 6.26 Å². The van der Waals surface area contributed by atoms with Crippen LogP contribution in [0.3, 0.4) is 0 Å². The van der Waals surface area contributed by atoms with Gasteiger partial charge in [0, 0.05) is 0 Å². The number of carbonyl (C=O) groups excluding carboxylic acids is 1. The summed E-state index contributed by atoms with van der Waals surface area (Å²) in [6.45, 7) is 3.11. The minimum Gasteiger partial charge on any atom is -0.427 e. The molecule has 0 aromatic heterocycles. The van der Waals surface area contributed by atoms with E-state index in [1.54, 1.807) is 0 Å². The quantitative estimate of drug-likeness (QED) is 0.307. The fourth-order valence-electron chi connectivity index (χ4n) is 0.0713. The van der Waals surface area contributed by atoms with Gasteiger partial charge in [0.15, 0.2) is 0 Å². The first kappa shape index (κ1) is 5.56. The van der Waals surface area contributed by atoms with Crippen LogP contribution < -0.4 is 0 Å². The summed E-state index contributed by atoms with van der Waals surface area (Å²) in [6, 6.07) is 0. The molecule has 0 aromatic rings. The Balaban J connectivity index is 3.05. The van der Waals surface area contributed by atoms with Gasteiger partial charge in [-0.05, 0) is 0 Å². The van der Waals surface area contributed by atoms with Gasteiger partial charge in [-0.1, -0.05) is 19.2 Å². The van der Waals surface area contributed by atoms with Gasteiger partial charge >= 0.3 is 5.30 Å². The molecule has 0 atom stereocenters. The number of thiol groups is 1. The van der Waals surface area contributed by atoms with E-state index in [9.17, 15) is 4.79 Å². The largest absolute Gasteiger partial charge is 0.427 e. The molecule has 0 spiro atoms. The molecule has 0 radical (unpaired) electrons. The smallest absolute Gasteiger partial charge is 0.368 e. The van der Waals surface area contributed by atoms with Gasteiger partial charge in [-0.2, -0.15) is 0 Å². The molecule has 0 saturated carbocycles. The lowest BCUT2D eigenvalue weighted by Gasteiger charge is -1.81. The van der Waals surface area contributed by atoms with Gasteiger partial charge in [-0.3, -0.25) is 0 Å². The van der Waals surface area contributed by atoms with Crippen molar-refractivity contribution in [2.75, 3.05) is 0 Å². The van der Waals surface area contributed by atoms with Crippen molar-refractivity contribution in [1.82, 2.24) is 0 Å². The van der Waals surface area contributed by atoms with E-state index < -0.39 is 5.30 Å². The topological polar surface area (TPSA) is 26.3 Å². The molecule has 0 aromatic carbocycles. The molecule has 0 N–H and O–H groups in total. The molecule has 0 saturated heterocycles. The minimum atomic E-state index is -0.634. The van der Waals surface area contributed by atoms with Gasteiger partial charge in [0.1, 0.15) is 0 Å². The van der Waals surface area contributed by atoms with Crippen molar-refractivity contribution in [3.05, 3.63) is 12.8 Å². The van der Waals surface area contributed by atoms with E-state index in [0.29, 0.717) is 0 Å². The van der Waals surface area contributed by atoms with Crippen LogP contribution in [-0.4, -0.2) is 5.30 Å². The molecular formula is C3H4O2S. The third kappa shape index (κ3) is 3.56. The molecule has 0 heterocycles. The average molecular weight is 104 g/mol.